The number of hydrogen-bond donors (Lipinski definition) is 0. The summed E-state index contributed by atoms with van der Waals surface area (Å²) in [6.07, 6.45) is -1.82. The second-order valence-electron chi connectivity index (χ2n) is 8.24. The normalized spacial score (nSPS) is 19.8. The van der Waals surface area contributed by atoms with Crippen LogP contribution in [0.4, 0.5) is 15.3 Å². The Kier molecular flexibility index (Phi) is 4.79. The molecule has 1 aromatic rings. The molecule has 0 bridgehead atoms. The summed E-state index contributed by atoms with van der Waals surface area (Å²) in [5.41, 5.74) is -2.54. The van der Waals surface area contributed by atoms with Crippen molar-refractivity contribution in [2.45, 2.75) is 65.3 Å². The molecule has 0 N–H and O–H groups in total. The molecule has 26 heavy (non-hydrogen) atoms. The molecule has 2 rings (SSSR count). The molecule has 1 aromatic carbocycles. The first-order chi connectivity index (χ1) is 11.7. The van der Waals surface area contributed by atoms with Crippen LogP contribution in [-0.4, -0.2) is 29.4 Å². The average Bonchev–Trinajstić information content (AvgIpc) is 2.64. The number of fused-ring (bicyclic) bond motifs is 1. The molecular weight excluding hydrogens is 338 g/mol. The van der Waals surface area contributed by atoms with Gasteiger partial charge in [-0.2, -0.15) is 0 Å². The highest BCUT2D eigenvalue weighted by molar-refractivity contribution is 6.20. The summed E-state index contributed by atoms with van der Waals surface area (Å²) in [7, 11) is 0. The third-order valence-electron chi connectivity index (χ3n) is 3.52. The Morgan fingerprint density at radius 1 is 0.962 bits per heavy atom. The van der Waals surface area contributed by atoms with Crippen molar-refractivity contribution in [2.75, 3.05) is 4.90 Å². The van der Waals surface area contributed by atoms with Crippen molar-refractivity contribution in [1.29, 1.82) is 0 Å². The van der Waals surface area contributed by atoms with Crippen molar-refractivity contribution >= 4 is 23.8 Å². The Hall–Kier alpha value is -2.57. The minimum atomic E-state index is -1.68. The molecule has 1 atom stereocenters. The van der Waals surface area contributed by atoms with Crippen molar-refractivity contribution < 1.29 is 28.6 Å². The number of nitrogens with zero attached hydrogens (tertiary/aromatic N) is 1. The fraction of sp³-hybridized carbons (Fsp3) is 0.526. The van der Waals surface area contributed by atoms with Gasteiger partial charge in [0, 0.05) is 5.56 Å². The van der Waals surface area contributed by atoms with Gasteiger partial charge >= 0.3 is 12.2 Å². The minimum absolute atomic E-state index is 0.317. The molecule has 0 radical (unpaired) electrons. The molecule has 0 spiro atoms. The summed E-state index contributed by atoms with van der Waals surface area (Å²) >= 11 is 0. The molecule has 0 saturated carbocycles. The van der Waals surface area contributed by atoms with Crippen LogP contribution in [0.1, 0.15) is 54.0 Å². The number of hydrogen-bond acceptors (Lipinski definition) is 6. The van der Waals surface area contributed by atoms with Gasteiger partial charge < -0.3 is 14.2 Å². The SMILES string of the molecule is CC(C)(C)OC(=O)OC1(C)C(=O)N(C(=O)OC(C)(C)C)c2ccccc21. The topological polar surface area (TPSA) is 82.1 Å². The molecule has 1 unspecified atom stereocenters. The lowest BCUT2D eigenvalue weighted by atomic mass is 9.98. The maximum atomic E-state index is 13.0. The van der Waals surface area contributed by atoms with Crippen molar-refractivity contribution in [2.24, 2.45) is 0 Å². The highest BCUT2D eigenvalue weighted by Gasteiger charge is 2.54. The van der Waals surface area contributed by atoms with Crippen molar-refractivity contribution in [3.63, 3.8) is 0 Å². The summed E-state index contributed by atoms with van der Waals surface area (Å²) in [5, 5.41) is 0. The van der Waals surface area contributed by atoms with E-state index >= 15 is 0 Å². The molecule has 142 valence electrons. The van der Waals surface area contributed by atoms with E-state index in [0.29, 0.717) is 11.3 Å². The number of imide groups is 1. The first-order valence-corrected chi connectivity index (χ1v) is 8.34. The van der Waals surface area contributed by atoms with E-state index < -0.39 is 35.0 Å². The predicted molar refractivity (Wildman–Crippen MR) is 94.8 cm³/mol. The van der Waals surface area contributed by atoms with Gasteiger partial charge in [-0.05, 0) is 54.5 Å². The van der Waals surface area contributed by atoms with E-state index in [9.17, 15) is 14.4 Å². The molecule has 0 fully saturated rings. The van der Waals surface area contributed by atoms with Crippen LogP contribution in [0.15, 0.2) is 24.3 Å². The van der Waals surface area contributed by atoms with Crippen molar-refractivity contribution in [3.8, 4) is 0 Å². The maximum absolute atomic E-state index is 13.0. The summed E-state index contributed by atoms with van der Waals surface area (Å²) in [4.78, 5) is 38.6. The third kappa shape index (κ3) is 3.98. The Labute approximate surface area is 153 Å². The predicted octanol–water partition coefficient (Wildman–Crippen LogP) is 4.14. The van der Waals surface area contributed by atoms with Crippen molar-refractivity contribution in [1.82, 2.24) is 0 Å². The van der Waals surface area contributed by atoms with Crippen LogP contribution in [-0.2, 0) is 24.6 Å². The number of ether oxygens (including phenoxy) is 3. The number of carbonyl (C=O) groups is 3. The summed E-state index contributed by atoms with van der Waals surface area (Å²) in [6.45, 7) is 11.6. The quantitative estimate of drug-likeness (QED) is 0.698. The number of benzene rings is 1. The largest absolute Gasteiger partial charge is 0.510 e. The average molecular weight is 363 g/mol. The van der Waals surface area contributed by atoms with E-state index in [4.69, 9.17) is 14.2 Å². The van der Waals surface area contributed by atoms with Crippen LogP contribution in [0.25, 0.3) is 0 Å². The zero-order valence-electron chi connectivity index (χ0n) is 16.2. The van der Waals surface area contributed by atoms with E-state index in [1.165, 1.54) is 6.92 Å². The minimum Gasteiger partial charge on any atom is -0.443 e. The Morgan fingerprint density at radius 3 is 2.04 bits per heavy atom. The van der Waals surface area contributed by atoms with Gasteiger partial charge in [0.05, 0.1) is 5.69 Å². The van der Waals surface area contributed by atoms with Gasteiger partial charge in [-0.1, -0.05) is 18.2 Å². The molecule has 1 aliphatic rings. The van der Waals surface area contributed by atoms with Crippen LogP contribution in [0.5, 0.6) is 0 Å². The Balaban J connectivity index is 2.39. The van der Waals surface area contributed by atoms with Gasteiger partial charge in [0.25, 0.3) is 5.91 Å². The summed E-state index contributed by atoms with van der Waals surface area (Å²) < 4.78 is 15.8. The second kappa shape index (κ2) is 6.30. The fourth-order valence-corrected chi connectivity index (χ4v) is 2.53. The molecule has 1 heterocycles. The molecule has 0 aromatic heterocycles. The first-order valence-electron chi connectivity index (χ1n) is 8.34. The number of carbonyl (C=O) groups excluding carboxylic acids is 3. The Morgan fingerprint density at radius 2 is 1.50 bits per heavy atom. The van der Waals surface area contributed by atoms with Crippen LogP contribution < -0.4 is 4.90 Å². The number of rotatable bonds is 1. The lowest BCUT2D eigenvalue weighted by Crippen LogP contribution is -2.46. The maximum Gasteiger partial charge on any atom is 0.510 e. The monoisotopic (exact) mass is 363 g/mol. The standard InChI is InChI=1S/C19H25NO6/c1-17(2,3)24-15(22)20-13-11-9-8-10-12(13)19(7,14(20)21)26-16(23)25-18(4,5)6/h8-11H,1-7H3. The van der Waals surface area contributed by atoms with E-state index in [1.54, 1.807) is 65.8 Å². The van der Waals surface area contributed by atoms with Crippen LogP contribution in [0.2, 0.25) is 0 Å². The van der Waals surface area contributed by atoms with Crippen LogP contribution in [0.3, 0.4) is 0 Å². The van der Waals surface area contributed by atoms with Crippen molar-refractivity contribution in [3.05, 3.63) is 29.8 Å². The highest BCUT2D eigenvalue weighted by atomic mass is 16.7. The van der Waals surface area contributed by atoms with E-state index in [1.807, 2.05) is 0 Å². The summed E-state index contributed by atoms with van der Waals surface area (Å²) in [6, 6.07) is 6.60. The fourth-order valence-electron chi connectivity index (χ4n) is 2.53. The van der Waals surface area contributed by atoms with Gasteiger partial charge in [0.2, 0.25) is 5.60 Å². The van der Waals surface area contributed by atoms with Crippen LogP contribution in [0, 0.1) is 0 Å². The third-order valence-corrected chi connectivity index (χ3v) is 3.52. The molecular formula is C19H25NO6. The zero-order chi connectivity index (χ0) is 19.9. The molecule has 0 aliphatic carbocycles. The lowest BCUT2D eigenvalue weighted by Gasteiger charge is -2.27. The van der Waals surface area contributed by atoms with E-state index in [2.05, 4.69) is 0 Å². The lowest BCUT2D eigenvalue weighted by molar-refractivity contribution is -0.139. The van der Waals surface area contributed by atoms with E-state index in [-0.39, 0.29) is 0 Å². The molecule has 7 nitrogen and oxygen atoms in total. The molecule has 2 amide bonds. The number of anilines is 1. The summed E-state index contributed by atoms with van der Waals surface area (Å²) in [5.74, 6) is -0.709. The van der Waals surface area contributed by atoms with Gasteiger partial charge in [-0.3, -0.25) is 4.79 Å². The number of para-hydroxylation sites is 1. The first kappa shape index (κ1) is 19.8. The van der Waals surface area contributed by atoms with Gasteiger partial charge in [0.15, 0.2) is 0 Å². The zero-order valence-corrected chi connectivity index (χ0v) is 16.2. The van der Waals surface area contributed by atoms with Gasteiger partial charge in [-0.25, -0.2) is 14.5 Å². The molecule has 7 heteroatoms. The molecule has 0 saturated heterocycles. The second-order valence-corrected chi connectivity index (χ2v) is 8.24. The van der Waals surface area contributed by atoms with Gasteiger partial charge in [0.1, 0.15) is 11.2 Å². The Bertz CT molecular complexity index is 743. The molecule has 1 aliphatic heterocycles. The highest BCUT2D eigenvalue weighted by Crippen LogP contribution is 2.43. The van der Waals surface area contributed by atoms with E-state index in [0.717, 1.165) is 4.90 Å². The van der Waals surface area contributed by atoms with Crippen LogP contribution >= 0.6 is 0 Å². The van der Waals surface area contributed by atoms with Gasteiger partial charge in [-0.15, -0.1) is 0 Å². The smallest absolute Gasteiger partial charge is 0.443 e. The number of amides is 2.